The molecule has 0 radical (unpaired) electrons. The van der Waals surface area contributed by atoms with E-state index in [0.717, 1.165) is 11.0 Å². The average molecular weight is 306 g/mol. The first kappa shape index (κ1) is 13.5. The van der Waals surface area contributed by atoms with E-state index in [1.807, 2.05) is 42.5 Å². The Bertz CT molecular complexity index is 901. The predicted octanol–water partition coefficient (Wildman–Crippen LogP) is 2.50. The van der Waals surface area contributed by atoms with Gasteiger partial charge in [-0.25, -0.2) is 9.55 Å². The molecule has 0 fully saturated rings. The van der Waals surface area contributed by atoms with Crippen molar-refractivity contribution in [2.45, 2.75) is 12.5 Å². The van der Waals surface area contributed by atoms with Crippen molar-refractivity contribution in [2.75, 3.05) is 10.6 Å². The van der Waals surface area contributed by atoms with Crippen LogP contribution in [0.4, 0.5) is 11.6 Å². The highest BCUT2D eigenvalue weighted by Crippen LogP contribution is 2.25. The van der Waals surface area contributed by atoms with Gasteiger partial charge in [-0.15, -0.1) is 0 Å². The van der Waals surface area contributed by atoms with Crippen molar-refractivity contribution < 1.29 is 9.59 Å². The highest BCUT2D eigenvalue weighted by atomic mass is 16.2. The molecule has 0 spiro atoms. The fourth-order valence-electron chi connectivity index (χ4n) is 2.76. The zero-order valence-electron chi connectivity index (χ0n) is 12.2. The van der Waals surface area contributed by atoms with Gasteiger partial charge in [0.05, 0.1) is 17.5 Å². The summed E-state index contributed by atoms with van der Waals surface area (Å²) in [6, 6.07) is 15.9. The van der Waals surface area contributed by atoms with Gasteiger partial charge in [0.25, 0.3) is 0 Å². The number of carbonyl (C=O) groups excluding carboxylic acids is 2. The summed E-state index contributed by atoms with van der Waals surface area (Å²) in [4.78, 5) is 29.2. The number of imidazole rings is 1. The minimum atomic E-state index is -0.632. The SMILES string of the molecule is O=C(Nc1ccccc1)[C@H]1CC(=O)n2c(nc3ccccc32)N1. The second-order valence-corrected chi connectivity index (χ2v) is 5.41. The van der Waals surface area contributed by atoms with Crippen molar-refractivity contribution in [1.29, 1.82) is 0 Å². The molecule has 0 unspecified atom stereocenters. The number of aromatic nitrogens is 2. The highest BCUT2D eigenvalue weighted by molar-refractivity contribution is 6.04. The van der Waals surface area contributed by atoms with Crippen molar-refractivity contribution in [1.82, 2.24) is 9.55 Å². The summed E-state index contributed by atoms with van der Waals surface area (Å²) in [6.07, 6.45) is 0.0893. The topological polar surface area (TPSA) is 76.0 Å². The van der Waals surface area contributed by atoms with Crippen molar-refractivity contribution in [2.24, 2.45) is 0 Å². The number of hydrogen-bond acceptors (Lipinski definition) is 4. The van der Waals surface area contributed by atoms with Crippen LogP contribution in [0, 0.1) is 0 Å². The molecule has 4 rings (SSSR count). The fourth-order valence-corrected chi connectivity index (χ4v) is 2.76. The number of amides is 1. The molecular formula is C17H14N4O2. The van der Waals surface area contributed by atoms with Crippen LogP contribution in [0.3, 0.4) is 0 Å². The third-order valence-electron chi connectivity index (χ3n) is 3.85. The van der Waals surface area contributed by atoms with Gasteiger partial charge in [0, 0.05) is 5.69 Å². The second kappa shape index (κ2) is 5.24. The lowest BCUT2D eigenvalue weighted by molar-refractivity contribution is -0.117. The van der Waals surface area contributed by atoms with Gasteiger partial charge < -0.3 is 10.6 Å². The van der Waals surface area contributed by atoms with E-state index in [-0.39, 0.29) is 18.2 Å². The molecule has 0 saturated heterocycles. The molecule has 114 valence electrons. The van der Waals surface area contributed by atoms with Gasteiger partial charge in [0.15, 0.2) is 0 Å². The van der Waals surface area contributed by atoms with E-state index in [4.69, 9.17) is 0 Å². The van der Waals surface area contributed by atoms with Gasteiger partial charge in [0.2, 0.25) is 17.8 Å². The van der Waals surface area contributed by atoms with Gasteiger partial charge >= 0.3 is 0 Å². The number of nitrogens with one attached hydrogen (secondary N) is 2. The van der Waals surface area contributed by atoms with Gasteiger partial charge in [-0.05, 0) is 24.3 Å². The average Bonchev–Trinajstić information content (AvgIpc) is 2.94. The quantitative estimate of drug-likeness (QED) is 0.762. The summed E-state index contributed by atoms with van der Waals surface area (Å²) in [7, 11) is 0. The third-order valence-corrected chi connectivity index (χ3v) is 3.85. The van der Waals surface area contributed by atoms with Gasteiger partial charge in [-0.3, -0.25) is 9.59 Å². The molecule has 6 nitrogen and oxygen atoms in total. The van der Waals surface area contributed by atoms with Crippen molar-refractivity contribution in [3.05, 3.63) is 54.6 Å². The Balaban J connectivity index is 1.62. The Hall–Kier alpha value is -3.15. The first-order valence-corrected chi connectivity index (χ1v) is 7.35. The van der Waals surface area contributed by atoms with E-state index in [1.54, 1.807) is 12.1 Å². The third kappa shape index (κ3) is 2.34. The summed E-state index contributed by atoms with van der Waals surface area (Å²) >= 11 is 0. The van der Waals surface area contributed by atoms with Crippen LogP contribution in [0.5, 0.6) is 0 Å². The van der Waals surface area contributed by atoms with E-state index in [2.05, 4.69) is 15.6 Å². The Morgan fingerprint density at radius 2 is 1.87 bits per heavy atom. The number of benzene rings is 2. The van der Waals surface area contributed by atoms with Gasteiger partial charge in [-0.2, -0.15) is 0 Å². The lowest BCUT2D eigenvalue weighted by Gasteiger charge is -2.23. The van der Waals surface area contributed by atoms with E-state index in [1.165, 1.54) is 4.57 Å². The molecule has 2 aromatic carbocycles. The minimum absolute atomic E-state index is 0.0893. The zero-order valence-corrected chi connectivity index (χ0v) is 12.2. The molecule has 2 N–H and O–H groups in total. The molecule has 0 bridgehead atoms. The van der Waals surface area contributed by atoms with Crippen LogP contribution >= 0.6 is 0 Å². The molecule has 0 aliphatic carbocycles. The van der Waals surface area contributed by atoms with Crippen LogP contribution in [0.15, 0.2) is 54.6 Å². The Morgan fingerprint density at radius 1 is 1.13 bits per heavy atom. The van der Waals surface area contributed by atoms with Crippen LogP contribution in [-0.2, 0) is 4.79 Å². The van der Waals surface area contributed by atoms with Crippen LogP contribution in [0.2, 0.25) is 0 Å². The zero-order chi connectivity index (χ0) is 15.8. The maximum atomic E-state index is 12.4. The molecule has 3 aromatic rings. The molecule has 2 heterocycles. The normalized spacial score (nSPS) is 16.7. The number of fused-ring (bicyclic) bond motifs is 3. The second-order valence-electron chi connectivity index (χ2n) is 5.41. The molecular weight excluding hydrogens is 292 g/mol. The van der Waals surface area contributed by atoms with Crippen LogP contribution in [-0.4, -0.2) is 27.4 Å². The number of nitrogens with zero attached hydrogens (tertiary/aromatic N) is 2. The Kier molecular flexibility index (Phi) is 3.08. The van der Waals surface area contributed by atoms with E-state index in [0.29, 0.717) is 11.6 Å². The summed E-state index contributed by atoms with van der Waals surface area (Å²) in [5.74, 6) is 0.0270. The lowest BCUT2D eigenvalue weighted by Crippen LogP contribution is -2.42. The highest BCUT2D eigenvalue weighted by Gasteiger charge is 2.31. The largest absolute Gasteiger partial charge is 0.343 e. The molecule has 1 atom stereocenters. The van der Waals surface area contributed by atoms with Crippen molar-refractivity contribution in [3.8, 4) is 0 Å². The van der Waals surface area contributed by atoms with Gasteiger partial charge in [0.1, 0.15) is 6.04 Å². The van der Waals surface area contributed by atoms with E-state index >= 15 is 0 Å². The Labute approximate surface area is 132 Å². The summed E-state index contributed by atoms with van der Waals surface area (Å²) in [5, 5.41) is 5.86. The molecule has 1 aliphatic rings. The van der Waals surface area contributed by atoms with Crippen molar-refractivity contribution in [3.63, 3.8) is 0 Å². The van der Waals surface area contributed by atoms with Crippen molar-refractivity contribution >= 4 is 34.5 Å². The smallest absolute Gasteiger partial charge is 0.247 e. The standard InChI is InChI=1S/C17H14N4O2/c22-15-10-13(16(23)18-11-6-2-1-3-7-11)20-17-19-12-8-4-5-9-14(12)21(15)17/h1-9,13H,10H2,(H,18,23)(H,19,20)/t13-/m1/s1. The molecule has 1 aromatic heterocycles. The first-order valence-electron chi connectivity index (χ1n) is 7.35. The summed E-state index contributed by atoms with van der Waals surface area (Å²) < 4.78 is 1.53. The molecule has 6 heteroatoms. The maximum absolute atomic E-state index is 12.4. The van der Waals surface area contributed by atoms with Gasteiger partial charge in [-0.1, -0.05) is 30.3 Å². The minimum Gasteiger partial charge on any atom is -0.343 e. The maximum Gasteiger partial charge on any atom is 0.247 e. The molecule has 23 heavy (non-hydrogen) atoms. The number of hydrogen-bond donors (Lipinski definition) is 2. The van der Waals surface area contributed by atoms with Crippen LogP contribution < -0.4 is 10.6 Å². The monoisotopic (exact) mass is 306 g/mol. The molecule has 0 saturated carbocycles. The predicted molar refractivity (Wildman–Crippen MR) is 87.5 cm³/mol. The number of para-hydroxylation sites is 3. The first-order chi connectivity index (χ1) is 11.2. The summed E-state index contributed by atoms with van der Waals surface area (Å²) in [6.45, 7) is 0. The molecule has 1 aliphatic heterocycles. The van der Waals surface area contributed by atoms with Crippen LogP contribution in [0.25, 0.3) is 11.0 Å². The number of anilines is 2. The van der Waals surface area contributed by atoms with Crippen LogP contribution in [0.1, 0.15) is 11.2 Å². The Morgan fingerprint density at radius 3 is 2.70 bits per heavy atom. The number of carbonyl (C=O) groups is 2. The fraction of sp³-hybridized carbons (Fsp3) is 0.118. The van der Waals surface area contributed by atoms with E-state index in [9.17, 15) is 9.59 Å². The summed E-state index contributed by atoms with van der Waals surface area (Å²) in [5.41, 5.74) is 2.18. The molecule has 1 amide bonds. The van der Waals surface area contributed by atoms with E-state index < -0.39 is 6.04 Å². The lowest BCUT2D eigenvalue weighted by atomic mass is 10.1. The number of rotatable bonds is 2.